The molecule has 0 aliphatic carbocycles. The van der Waals surface area contributed by atoms with E-state index in [0.29, 0.717) is 22.7 Å². The number of benzene rings is 1. The summed E-state index contributed by atoms with van der Waals surface area (Å²) in [6.07, 6.45) is 4.12. The van der Waals surface area contributed by atoms with E-state index in [1.165, 1.54) is 37.7 Å². The number of amides is 1. The number of aryl methyl sites for hydroxylation is 1. The van der Waals surface area contributed by atoms with Gasteiger partial charge >= 0.3 is 0 Å². The van der Waals surface area contributed by atoms with Crippen LogP contribution in [0.25, 0.3) is 0 Å². The fourth-order valence-electron chi connectivity index (χ4n) is 3.54. The van der Waals surface area contributed by atoms with Crippen molar-refractivity contribution in [1.82, 2.24) is 15.2 Å². The predicted octanol–water partition coefficient (Wildman–Crippen LogP) is 2.96. The first kappa shape index (κ1) is 15.7. The van der Waals surface area contributed by atoms with E-state index in [0.717, 1.165) is 17.2 Å². The van der Waals surface area contributed by atoms with Crippen LogP contribution in [0.4, 0.5) is 0 Å². The molecule has 2 bridgehead atoms. The fourth-order valence-corrected chi connectivity index (χ4v) is 4.29. The molecule has 0 spiro atoms. The normalized spacial score (nSPS) is 25.6. The highest BCUT2D eigenvalue weighted by atomic mass is 32.2. The number of nitrogens with one attached hydrogen (secondary N) is 1. The average molecular weight is 343 g/mol. The van der Waals surface area contributed by atoms with Crippen molar-refractivity contribution in [1.29, 1.82) is 0 Å². The topological polar surface area (TPSA) is 58.4 Å². The molecule has 4 heterocycles. The Morgan fingerprint density at radius 2 is 2.04 bits per heavy atom. The van der Waals surface area contributed by atoms with Gasteiger partial charge in [0.2, 0.25) is 0 Å². The molecule has 1 atom stereocenters. The molecule has 1 aromatic carbocycles. The molecule has 126 valence electrons. The van der Waals surface area contributed by atoms with Crippen LogP contribution in [-0.2, 0) is 0 Å². The molecule has 3 fully saturated rings. The van der Waals surface area contributed by atoms with Gasteiger partial charge in [0, 0.05) is 23.0 Å². The predicted molar refractivity (Wildman–Crippen MR) is 92.2 cm³/mol. The summed E-state index contributed by atoms with van der Waals surface area (Å²) in [6.45, 7) is 5.24. The summed E-state index contributed by atoms with van der Waals surface area (Å²) in [5.74, 6) is 1.46. The van der Waals surface area contributed by atoms with Crippen LogP contribution in [0.3, 0.4) is 0 Å². The second-order valence-electron chi connectivity index (χ2n) is 6.58. The fraction of sp³-hybridized carbons (Fsp3) is 0.444. The standard InChI is InChI=1S/C18H21N3O2S/c1-12-10-19-18(23-12)24-15-4-2-14(3-5-15)17(22)20-16-11-21-8-6-13(16)7-9-21/h2-5,10,13,16H,6-9,11H2,1H3,(H,20,22)/t16-/m0/s1. The van der Waals surface area contributed by atoms with Gasteiger partial charge in [-0.25, -0.2) is 4.98 Å². The van der Waals surface area contributed by atoms with Crippen molar-refractivity contribution < 1.29 is 9.21 Å². The molecule has 24 heavy (non-hydrogen) atoms. The van der Waals surface area contributed by atoms with E-state index in [9.17, 15) is 4.79 Å². The largest absolute Gasteiger partial charge is 0.437 e. The molecule has 0 radical (unpaired) electrons. The van der Waals surface area contributed by atoms with Crippen molar-refractivity contribution >= 4 is 17.7 Å². The van der Waals surface area contributed by atoms with Crippen LogP contribution in [0.2, 0.25) is 0 Å². The summed E-state index contributed by atoms with van der Waals surface area (Å²) < 4.78 is 5.46. The lowest BCUT2D eigenvalue weighted by molar-refractivity contribution is 0.0620. The van der Waals surface area contributed by atoms with Crippen LogP contribution in [0.15, 0.2) is 45.0 Å². The second-order valence-corrected chi connectivity index (χ2v) is 7.61. The molecule has 1 amide bonds. The Labute approximate surface area is 145 Å². The van der Waals surface area contributed by atoms with Crippen molar-refractivity contribution in [3.05, 3.63) is 41.8 Å². The number of rotatable bonds is 4. The van der Waals surface area contributed by atoms with Crippen molar-refractivity contribution in [3.8, 4) is 0 Å². The summed E-state index contributed by atoms with van der Waals surface area (Å²) in [5, 5.41) is 3.84. The van der Waals surface area contributed by atoms with Crippen LogP contribution < -0.4 is 5.32 Å². The number of fused-ring (bicyclic) bond motifs is 3. The number of hydrogen-bond donors (Lipinski definition) is 1. The molecule has 0 unspecified atom stereocenters. The van der Waals surface area contributed by atoms with Gasteiger partial charge in [-0.2, -0.15) is 0 Å². The highest BCUT2D eigenvalue weighted by Crippen LogP contribution is 2.29. The summed E-state index contributed by atoms with van der Waals surface area (Å²) >= 11 is 1.46. The zero-order chi connectivity index (χ0) is 16.5. The molecule has 3 saturated heterocycles. The smallest absolute Gasteiger partial charge is 0.260 e. The first-order valence-electron chi connectivity index (χ1n) is 8.41. The second kappa shape index (κ2) is 6.61. The lowest BCUT2D eigenvalue weighted by Gasteiger charge is -2.44. The van der Waals surface area contributed by atoms with Crippen LogP contribution in [0.1, 0.15) is 29.0 Å². The molecule has 3 aliphatic rings. The van der Waals surface area contributed by atoms with Gasteiger partial charge in [-0.3, -0.25) is 4.79 Å². The molecule has 3 aliphatic heterocycles. The maximum atomic E-state index is 12.5. The lowest BCUT2D eigenvalue weighted by Crippen LogP contribution is -2.57. The first-order chi connectivity index (χ1) is 11.7. The van der Waals surface area contributed by atoms with E-state index >= 15 is 0 Å². The van der Waals surface area contributed by atoms with E-state index in [1.807, 2.05) is 31.2 Å². The van der Waals surface area contributed by atoms with Gasteiger partial charge in [-0.05, 0) is 74.8 Å². The van der Waals surface area contributed by atoms with Crippen molar-refractivity contribution in [2.45, 2.75) is 35.9 Å². The summed E-state index contributed by atoms with van der Waals surface area (Å²) in [4.78, 5) is 20.1. The summed E-state index contributed by atoms with van der Waals surface area (Å²) in [5.41, 5.74) is 0.708. The molecule has 0 saturated carbocycles. The monoisotopic (exact) mass is 343 g/mol. The van der Waals surface area contributed by atoms with E-state index < -0.39 is 0 Å². The van der Waals surface area contributed by atoms with Crippen molar-refractivity contribution in [3.63, 3.8) is 0 Å². The number of piperidine rings is 3. The molecule has 5 rings (SSSR count). The van der Waals surface area contributed by atoms with Crippen LogP contribution in [-0.4, -0.2) is 41.5 Å². The minimum atomic E-state index is 0.0252. The Morgan fingerprint density at radius 1 is 1.29 bits per heavy atom. The lowest BCUT2D eigenvalue weighted by atomic mass is 9.84. The van der Waals surface area contributed by atoms with Crippen LogP contribution in [0.5, 0.6) is 0 Å². The first-order valence-corrected chi connectivity index (χ1v) is 9.22. The highest BCUT2D eigenvalue weighted by Gasteiger charge is 2.34. The zero-order valence-corrected chi connectivity index (χ0v) is 14.5. The van der Waals surface area contributed by atoms with Gasteiger partial charge in [-0.1, -0.05) is 0 Å². The Morgan fingerprint density at radius 3 is 2.62 bits per heavy atom. The van der Waals surface area contributed by atoms with Gasteiger partial charge in [0.25, 0.3) is 11.1 Å². The molecular weight excluding hydrogens is 322 g/mol. The molecule has 6 heteroatoms. The minimum Gasteiger partial charge on any atom is -0.437 e. The quantitative estimate of drug-likeness (QED) is 0.925. The average Bonchev–Trinajstić information content (AvgIpc) is 3.01. The minimum absolute atomic E-state index is 0.0252. The zero-order valence-electron chi connectivity index (χ0n) is 13.7. The molecular formula is C18H21N3O2S. The molecule has 5 nitrogen and oxygen atoms in total. The summed E-state index contributed by atoms with van der Waals surface area (Å²) in [7, 11) is 0. The van der Waals surface area contributed by atoms with E-state index in [2.05, 4.69) is 15.2 Å². The number of carbonyl (C=O) groups is 1. The van der Waals surface area contributed by atoms with E-state index in [4.69, 9.17) is 4.42 Å². The number of oxazole rings is 1. The van der Waals surface area contributed by atoms with E-state index in [1.54, 1.807) is 6.20 Å². The van der Waals surface area contributed by atoms with Gasteiger partial charge in [0.15, 0.2) is 0 Å². The van der Waals surface area contributed by atoms with Crippen LogP contribution in [0, 0.1) is 12.8 Å². The number of carbonyl (C=O) groups excluding carboxylic acids is 1. The maximum absolute atomic E-state index is 12.5. The van der Waals surface area contributed by atoms with E-state index in [-0.39, 0.29) is 5.91 Å². The number of nitrogens with zero attached hydrogens (tertiary/aromatic N) is 2. The molecule has 1 N–H and O–H groups in total. The summed E-state index contributed by atoms with van der Waals surface area (Å²) in [6, 6.07) is 7.92. The molecule has 1 aromatic heterocycles. The van der Waals surface area contributed by atoms with Crippen molar-refractivity contribution in [2.24, 2.45) is 5.92 Å². The van der Waals surface area contributed by atoms with Gasteiger partial charge in [-0.15, -0.1) is 0 Å². The Hall–Kier alpha value is -1.79. The van der Waals surface area contributed by atoms with Crippen LogP contribution >= 0.6 is 11.8 Å². The van der Waals surface area contributed by atoms with Gasteiger partial charge in [0.1, 0.15) is 5.76 Å². The molecule has 2 aromatic rings. The Bertz CT molecular complexity index is 720. The SMILES string of the molecule is Cc1cnc(Sc2ccc(C(=O)N[C@H]3CN4CCC3CC4)cc2)o1. The van der Waals surface area contributed by atoms with Gasteiger partial charge < -0.3 is 14.6 Å². The highest BCUT2D eigenvalue weighted by molar-refractivity contribution is 7.99. The number of aromatic nitrogens is 1. The Kier molecular flexibility index (Phi) is 4.33. The third-order valence-electron chi connectivity index (χ3n) is 4.89. The third-order valence-corrected chi connectivity index (χ3v) is 5.77. The third kappa shape index (κ3) is 3.35. The van der Waals surface area contributed by atoms with Gasteiger partial charge in [0.05, 0.1) is 6.20 Å². The Balaban J connectivity index is 1.38. The van der Waals surface area contributed by atoms with Crippen molar-refractivity contribution in [2.75, 3.05) is 19.6 Å². The maximum Gasteiger partial charge on any atom is 0.260 e. The number of hydrogen-bond acceptors (Lipinski definition) is 5.